The molecule has 0 fully saturated rings. The van der Waals surface area contributed by atoms with Gasteiger partial charge in [-0.1, -0.05) is 6.08 Å². The molecule has 0 N–H and O–H groups in total. The van der Waals surface area contributed by atoms with Gasteiger partial charge in [0.05, 0.1) is 29.0 Å². The van der Waals surface area contributed by atoms with E-state index < -0.39 is 9.84 Å². The molecule has 0 aliphatic heterocycles. The molecule has 2 aromatic heterocycles. The van der Waals surface area contributed by atoms with E-state index in [1.54, 1.807) is 41.3 Å². The van der Waals surface area contributed by atoms with Gasteiger partial charge >= 0.3 is 0 Å². The predicted octanol–water partition coefficient (Wildman–Crippen LogP) is 1.82. The third-order valence-corrected chi connectivity index (χ3v) is 4.33. The molecule has 0 atom stereocenters. The van der Waals surface area contributed by atoms with Crippen molar-refractivity contribution in [1.82, 2.24) is 14.8 Å². The fourth-order valence-corrected chi connectivity index (χ4v) is 3.22. The Kier molecular flexibility index (Phi) is 4.42. The van der Waals surface area contributed by atoms with Crippen molar-refractivity contribution >= 4 is 21.2 Å². The second-order valence-electron chi connectivity index (χ2n) is 4.74. The van der Waals surface area contributed by atoms with Crippen LogP contribution in [0.1, 0.15) is 5.69 Å². The largest absolute Gasteiger partial charge is 0.322 e. The third kappa shape index (κ3) is 3.69. The maximum Gasteiger partial charge on any atom is 0.172 e. The molecule has 0 bridgehead atoms. The Hall–Kier alpha value is -2.15. The lowest BCUT2D eigenvalue weighted by Gasteiger charge is -2.23. The van der Waals surface area contributed by atoms with E-state index in [0.29, 0.717) is 5.69 Å². The van der Waals surface area contributed by atoms with Gasteiger partial charge in [-0.25, -0.2) is 8.42 Å². The number of rotatable bonds is 6. The molecule has 0 radical (unpaired) electrons. The Morgan fingerprint density at radius 2 is 2.24 bits per heavy atom. The molecule has 0 amide bonds. The van der Waals surface area contributed by atoms with E-state index in [4.69, 9.17) is 0 Å². The number of pyridine rings is 1. The van der Waals surface area contributed by atoms with Crippen LogP contribution in [0.15, 0.2) is 43.4 Å². The van der Waals surface area contributed by atoms with Crippen molar-refractivity contribution < 1.29 is 8.42 Å². The van der Waals surface area contributed by atoms with Crippen molar-refractivity contribution in [1.29, 1.82) is 0 Å². The highest BCUT2D eigenvalue weighted by Gasteiger charge is 2.21. The van der Waals surface area contributed by atoms with Crippen LogP contribution in [-0.4, -0.2) is 34.8 Å². The average molecular weight is 306 g/mol. The van der Waals surface area contributed by atoms with Crippen LogP contribution in [0.2, 0.25) is 0 Å². The van der Waals surface area contributed by atoms with Gasteiger partial charge in [0.25, 0.3) is 0 Å². The van der Waals surface area contributed by atoms with E-state index in [1.165, 1.54) is 6.08 Å². The van der Waals surface area contributed by atoms with Gasteiger partial charge < -0.3 is 4.90 Å². The SMILES string of the molecule is C=CCS(=O)(=O)CN(c1cccnc1)c1cn(C)nc1C. The van der Waals surface area contributed by atoms with E-state index in [9.17, 15) is 8.42 Å². The van der Waals surface area contributed by atoms with Gasteiger partial charge in [-0.3, -0.25) is 9.67 Å². The summed E-state index contributed by atoms with van der Waals surface area (Å²) in [4.78, 5) is 5.76. The average Bonchev–Trinajstić information content (AvgIpc) is 2.76. The molecule has 2 heterocycles. The zero-order valence-electron chi connectivity index (χ0n) is 12.1. The maximum absolute atomic E-state index is 12.1. The summed E-state index contributed by atoms with van der Waals surface area (Å²) in [7, 11) is -1.49. The molecule has 0 saturated carbocycles. The molecule has 6 nitrogen and oxygen atoms in total. The van der Waals surface area contributed by atoms with Crippen LogP contribution >= 0.6 is 0 Å². The molecule has 2 rings (SSSR count). The van der Waals surface area contributed by atoms with Gasteiger partial charge in [-0.05, 0) is 19.1 Å². The van der Waals surface area contributed by atoms with Gasteiger partial charge in [-0.15, -0.1) is 6.58 Å². The Bertz CT molecular complexity index is 723. The van der Waals surface area contributed by atoms with Crippen LogP contribution < -0.4 is 4.90 Å². The normalized spacial score (nSPS) is 11.3. The van der Waals surface area contributed by atoms with Gasteiger partial charge in [0.2, 0.25) is 0 Å². The first-order valence-electron chi connectivity index (χ1n) is 6.42. The highest BCUT2D eigenvalue weighted by Crippen LogP contribution is 2.27. The molecule has 0 spiro atoms. The molecule has 21 heavy (non-hydrogen) atoms. The minimum absolute atomic E-state index is 0.0664. The molecular weight excluding hydrogens is 288 g/mol. The molecular formula is C14H18N4O2S. The fraction of sp³-hybridized carbons (Fsp3) is 0.286. The minimum atomic E-state index is -3.29. The summed E-state index contributed by atoms with van der Waals surface area (Å²) in [5.74, 6) is -0.208. The van der Waals surface area contributed by atoms with Crippen molar-refractivity contribution in [2.45, 2.75) is 6.92 Å². The van der Waals surface area contributed by atoms with Crippen LogP contribution in [0.25, 0.3) is 0 Å². The Labute approximate surface area is 124 Å². The van der Waals surface area contributed by atoms with Crippen molar-refractivity contribution in [2.75, 3.05) is 16.5 Å². The number of hydrogen-bond acceptors (Lipinski definition) is 5. The first kappa shape index (κ1) is 15.2. The lowest BCUT2D eigenvalue weighted by molar-refractivity contribution is 0.598. The van der Waals surface area contributed by atoms with E-state index in [0.717, 1.165) is 11.4 Å². The van der Waals surface area contributed by atoms with E-state index in [2.05, 4.69) is 16.7 Å². The van der Waals surface area contributed by atoms with Crippen molar-refractivity contribution in [3.05, 3.63) is 49.1 Å². The highest BCUT2D eigenvalue weighted by atomic mass is 32.2. The molecule has 0 unspecified atom stereocenters. The Balaban J connectivity index is 2.45. The quantitative estimate of drug-likeness (QED) is 0.762. The predicted molar refractivity (Wildman–Crippen MR) is 83.2 cm³/mol. The summed E-state index contributed by atoms with van der Waals surface area (Å²) < 4.78 is 26.0. The van der Waals surface area contributed by atoms with Crippen molar-refractivity contribution in [2.24, 2.45) is 7.05 Å². The number of sulfone groups is 1. The maximum atomic E-state index is 12.1. The standard InChI is InChI=1S/C14H18N4O2S/c1-4-8-21(19,20)11-18(13-6-5-7-15-9-13)14-10-17(3)16-12(14)2/h4-7,9-10H,1,8,11H2,2-3H3. The Morgan fingerprint density at radius 1 is 1.48 bits per heavy atom. The first-order valence-corrected chi connectivity index (χ1v) is 8.24. The zero-order valence-corrected chi connectivity index (χ0v) is 12.9. The molecule has 0 saturated heterocycles. The highest BCUT2D eigenvalue weighted by molar-refractivity contribution is 7.91. The van der Waals surface area contributed by atoms with Crippen LogP contribution in [0.3, 0.4) is 0 Å². The van der Waals surface area contributed by atoms with E-state index >= 15 is 0 Å². The summed E-state index contributed by atoms with van der Waals surface area (Å²) in [5, 5.41) is 4.27. The zero-order chi connectivity index (χ0) is 15.5. The molecule has 0 aliphatic rings. The summed E-state index contributed by atoms with van der Waals surface area (Å²) in [5.41, 5.74) is 2.22. The topological polar surface area (TPSA) is 68.1 Å². The second-order valence-corrected chi connectivity index (χ2v) is 6.82. The van der Waals surface area contributed by atoms with Crippen molar-refractivity contribution in [3.8, 4) is 0 Å². The van der Waals surface area contributed by atoms with E-state index in [-0.39, 0.29) is 11.6 Å². The number of hydrogen-bond donors (Lipinski definition) is 0. The summed E-state index contributed by atoms with van der Waals surface area (Å²) in [6, 6.07) is 3.59. The molecule has 7 heteroatoms. The number of aryl methyl sites for hydroxylation is 2. The molecule has 112 valence electrons. The summed E-state index contributed by atoms with van der Waals surface area (Å²) in [6.07, 6.45) is 6.48. The van der Waals surface area contributed by atoms with Crippen LogP contribution in [0.5, 0.6) is 0 Å². The summed E-state index contributed by atoms with van der Waals surface area (Å²) >= 11 is 0. The van der Waals surface area contributed by atoms with Crippen LogP contribution in [-0.2, 0) is 16.9 Å². The second kappa shape index (κ2) is 6.09. The van der Waals surface area contributed by atoms with Crippen LogP contribution in [0, 0.1) is 6.92 Å². The lowest BCUT2D eigenvalue weighted by Crippen LogP contribution is -2.27. The monoisotopic (exact) mass is 306 g/mol. The van der Waals surface area contributed by atoms with Gasteiger partial charge in [0, 0.05) is 19.4 Å². The molecule has 2 aromatic rings. The Morgan fingerprint density at radius 3 is 2.76 bits per heavy atom. The smallest absolute Gasteiger partial charge is 0.172 e. The molecule has 0 aliphatic carbocycles. The number of nitrogens with zero attached hydrogens (tertiary/aromatic N) is 4. The number of anilines is 2. The van der Waals surface area contributed by atoms with E-state index in [1.807, 2.05) is 13.0 Å². The first-order chi connectivity index (χ1) is 9.93. The third-order valence-electron chi connectivity index (χ3n) is 2.93. The summed E-state index contributed by atoms with van der Waals surface area (Å²) in [6.45, 7) is 5.34. The number of aromatic nitrogens is 3. The minimum Gasteiger partial charge on any atom is -0.322 e. The molecule has 0 aromatic carbocycles. The van der Waals surface area contributed by atoms with Crippen molar-refractivity contribution in [3.63, 3.8) is 0 Å². The van der Waals surface area contributed by atoms with Gasteiger partial charge in [-0.2, -0.15) is 5.10 Å². The lowest BCUT2D eigenvalue weighted by atomic mass is 10.3. The van der Waals surface area contributed by atoms with Gasteiger partial charge in [0.1, 0.15) is 5.88 Å². The van der Waals surface area contributed by atoms with Crippen LogP contribution in [0.4, 0.5) is 11.4 Å². The van der Waals surface area contributed by atoms with Gasteiger partial charge in [0.15, 0.2) is 9.84 Å². The fourth-order valence-electron chi connectivity index (χ4n) is 2.08.